The average molecular weight is 456 g/mol. The van der Waals surface area contributed by atoms with Crippen LogP contribution in [-0.4, -0.2) is 75.3 Å². The number of amides is 1. The summed E-state index contributed by atoms with van der Waals surface area (Å²) >= 11 is 0. The minimum absolute atomic E-state index is 0.120. The van der Waals surface area contributed by atoms with E-state index in [9.17, 15) is 14.9 Å². The van der Waals surface area contributed by atoms with Gasteiger partial charge in [-0.25, -0.2) is 0 Å². The highest BCUT2D eigenvalue weighted by atomic mass is 16.6. The van der Waals surface area contributed by atoms with E-state index in [1.165, 1.54) is 17.3 Å². The standard InChI is InChI=1S/C24H33N5O4/c1-19-5-3-6-21(17-19)28-14-12-27(13-15-28)11-4-9-26-24(30)20-7-8-22(25-10-16-33-2)23(18-20)29(31)32/h3,5-8,17-18,25H,4,9-16H2,1-2H3,(H,26,30). The summed E-state index contributed by atoms with van der Waals surface area (Å²) in [6.45, 7) is 8.39. The zero-order chi connectivity index (χ0) is 23.6. The van der Waals surface area contributed by atoms with Crippen molar-refractivity contribution >= 4 is 23.0 Å². The van der Waals surface area contributed by atoms with Gasteiger partial charge < -0.3 is 20.3 Å². The van der Waals surface area contributed by atoms with Gasteiger partial charge in [0.1, 0.15) is 5.69 Å². The van der Waals surface area contributed by atoms with Crippen molar-refractivity contribution in [3.63, 3.8) is 0 Å². The fraction of sp³-hybridized carbons (Fsp3) is 0.458. The zero-order valence-corrected chi connectivity index (χ0v) is 19.4. The first-order chi connectivity index (χ1) is 16.0. The topological polar surface area (TPSA) is 100.0 Å². The largest absolute Gasteiger partial charge is 0.383 e. The summed E-state index contributed by atoms with van der Waals surface area (Å²) in [6.07, 6.45) is 0.828. The van der Waals surface area contributed by atoms with Crippen LogP contribution in [0.5, 0.6) is 0 Å². The van der Waals surface area contributed by atoms with Gasteiger partial charge in [-0.2, -0.15) is 0 Å². The van der Waals surface area contributed by atoms with E-state index < -0.39 is 4.92 Å². The molecule has 1 heterocycles. The summed E-state index contributed by atoms with van der Waals surface area (Å²) in [5.41, 5.74) is 3.08. The number of nitrogens with one attached hydrogen (secondary N) is 2. The third-order valence-electron chi connectivity index (χ3n) is 5.75. The Morgan fingerprint density at radius 3 is 2.61 bits per heavy atom. The summed E-state index contributed by atoms with van der Waals surface area (Å²) in [7, 11) is 1.56. The highest BCUT2D eigenvalue weighted by molar-refractivity contribution is 5.95. The minimum Gasteiger partial charge on any atom is -0.383 e. The summed E-state index contributed by atoms with van der Waals surface area (Å²) in [5, 5.41) is 17.2. The van der Waals surface area contributed by atoms with Crippen LogP contribution >= 0.6 is 0 Å². The summed E-state index contributed by atoms with van der Waals surface area (Å²) in [6, 6.07) is 13.1. The summed E-state index contributed by atoms with van der Waals surface area (Å²) in [5.74, 6) is -0.300. The molecule has 9 heteroatoms. The predicted octanol–water partition coefficient (Wildman–Crippen LogP) is 2.90. The van der Waals surface area contributed by atoms with Crippen LogP contribution in [0.2, 0.25) is 0 Å². The molecule has 0 atom stereocenters. The van der Waals surface area contributed by atoms with Crippen molar-refractivity contribution in [1.82, 2.24) is 10.2 Å². The molecule has 0 unspecified atom stereocenters. The lowest BCUT2D eigenvalue weighted by molar-refractivity contribution is -0.384. The van der Waals surface area contributed by atoms with Crippen molar-refractivity contribution < 1.29 is 14.5 Å². The Kier molecular flexibility index (Phi) is 9.03. The van der Waals surface area contributed by atoms with Crippen molar-refractivity contribution in [2.75, 3.05) is 69.7 Å². The number of ether oxygens (including phenoxy) is 1. The number of benzene rings is 2. The molecule has 1 saturated heterocycles. The quantitative estimate of drug-likeness (QED) is 0.305. The normalized spacial score (nSPS) is 14.2. The van der Waals surface area contributed by atoms with Crippen molar-refractivity contribution in [2.45, 2.75) is 13.3 Å². The van der Waals surface area contributed by atoms with E-state index in [1.54, 1.807) is 19.2 Å². The highest BCUT2D eigenvalue weighted by Crippen LogP contribution is 2.25. The Hall–Kier alpha value is -3.17. The minimum atomic E-state index is -0.484. The molecule has 1 amide bonds. The van der Waals surface area contributed by atoms with Gasteiger partial charge in [0.05, 0.1) is 11.5 Å². The van der Waals surface area contributed by atoms with E-state index >= 15 is 0 Å². The van der Waals surface area contributed by atoms with Crippen molar-refractivity contribution in [1.29, 1.82) is 0 Å². The van der Waals surface area contributed by atoms with Gasteiger partial charge in [-0.15, -0.1) is 0 Å². The van der Waals surface area contributed by atoms with Gasteiger partial charge in [-0.1, -0.05) is 12.1 Å². The molecule has 2 N–H and O–H groups in total. The SMILES string of the molecule is COCCNc1ccc(C(=O)NCCCN2CCN(c3cccc(C)c3)CC2)cc1[N+](=O)[O-]. The molecule has 9 nitrogen and oxygen atoms in total. The first kappa shape index (κ1) is 24.5. The van der Waals surface area contributed by atoms with Gasteiger partial charge in [-0.05, 0) is 49.7 Å². The molecule has 2 aromatic rings. The fourth-order valence-electron chi connectivity index (χ4n) is 3.92. The molecule has 3 rings (SSSR count). The lowest BCUT2D eigenvalue weighted by atomic mass is 10.1. The number of piperazine rings is 1. The average Bonchev–Trinajstić information content (AvgIpc) is 2.82. The lowest BCUT2D eigenvalue weighted by Gasteiger charge is -2.36. The number of anilines is 2. The maximum absolute atomic E-state index is 12.5. The van der Waals surface area contributed by atoms with E-state index in [4.69, 9.17) is 4.74 Å². The van der Waals surface area contributed by atoms with Crippen LogP contribution < -0.4 is 15.5 Å². The predicted molar refractivity (Wildman–Crippen MR) is 130 cm³/mol. The van der Waals surface area contributed by atoms with Crippen LogP contribution in [0.3, 0.4) is 0 Å². The molecule has 0 saturated carbocycles. The Morgan fingerprint density at radius 1 is 1.12 bits per heavy atom. The molecule has 0 bridgehead atoms. The first-order valence-corrected chi connectivity index (χ1v) is 11.3. The number of hydrogen-bond acceptors (Lipinski definition) is 7. The molecule has 33 heavy (non-hydrogen) atoms. The molecule has 1 fully saturated rings. The van der Waals surface area contributed by atoms with Gasteiger partial charge in [0.25, 0.3) is 11.6 Å². The Morgan fingerprint density at radius 2 is 1.91 bits per heavy atom. The number of rotatable bonds is 11. The molecule has 0 spiro atoms. The fourth-order valence-corrected chi connectivity index (χ4v) is 3.92. The first-order valence-electron chi connectivity index (χ1n) is 11.3. The van der Waals surface area contributed by atoms with E-state index in [1.807, 2.05) is 0 Å². The molecule has 0 aromatic heterocycles. The summed E-state index contributed by atoms with van der Waals surface area (Å²) in [4.78, 5) is 28.2. The number of nitrogens with zero attached hydrogens (tertiary/aromatic N) is 3. The van der Waals surface area contributed by atoms with Crippen LogP contribution in [0, 0.1) is 17.0 Å². The number of nitro benzene ring substituents is 1. The Bertz CT molecular complexity index is 944. The molecule has 1 aliphatic rings. The number of methoxy groups -OCH3 is 1. The zero-order valence-electron chi connectivity index (χ0n) is 19.4. The summed E-state index contributed by atoms with van der Waals surface area (Å²) < 4.78 is 4.95. The molecule has 178 valence electrons. The van der Waals surface area contributed by atoms with Gasteiger partial charge in [0.2, 0.25) is 0 Å². The number of hydrogen-bond donors (Lipinski definition) is 2. The monoisotopic (exact) mass is 455 g/mol. The number of carbonyl (C=O) groups is 1. The Balaban J connectivity index is 1.41. The molecule has 0 radical (unpaired) electrons. The Labute approximate surface area is 194 Å². The molecular weight excluding hydrogens is 422 g/mol. The molecular formula is C24H33N5O4. The van der Waals surface area contributed by atoms with Crippen LogP contribution in [0.25, 0.3) is 0 Å². The van der Waals surface area contributed by atoms with E-state index in [0.717, 1.165) is 39.1 Å². The van der Waals surface area contributed by atoms with Crippen molar-refractivity contribution in [3.8, 4) is 0 Å². The second-order valence-electron chi connectivity index (χ2n) is 8.19. The van der Waals surface area contributed by atoms with E-state index in [-0.39, 0.29) is 17.2 Å². The second kappa shape index (κ2) is 12.2. The highest BCUT2D eigenvalue weighted by Gasteiger charge is 2.19. The van der Waals surface area contributed by atoms with Crippen LogP contribution in [0.15, 0.2) is 42.5 Å². The van der Waals surface area contributed by atoms with Gasteiger partial charge in [-0.3, -0.25) is 19.8 Å². The van der Waals surface area contributed by atoms with Crippen LogP contribution in [0.4, 0.5) is 17.1 Å². The molecule has 1 aliphatic heterocycles. The van der Waals surface area contributed by atoms with Crippen molar-refractivity contribution in [2.24, 2.45) is 0 Å². The third kappa shape index (κ3) is 7.16. The van der Waals surface area contributed by atoms with Crippen molar-refractivity contribution in [3.05, 3.63) is 63.7 Å². The van der Waals surface area contributed by atoms with Gasteiger partial charge in [0.15, 0.2) is 0 Å². The van der Waals surface area contributed by atoms with Gasteiger partial charge in [0, 0.05) is 63.7 Å². The van der Waals surface area contributed by atoms with Crippen LogP contribution in [-0.2, 0) is 4.74 Å². The van der Waals surface area contributed by atoms with E-state index in [2.05, 4.69) is 51.6 Å². The smallest absolute Gasteiger partial charge is 0.293 e. The maximum atomic E-state index is 12.5. The van der Waals surface area contributed by atoms with Crippen LogP contribution in [0.1, 0.15) is 22.3 Å². The molecule has 2 aromatic carbocycles. The molecule has 0 aliphatic carbocycles. The lowest BCUT2D eigenvalue weighted by Crippen LogP contribution is -2.47. The number of carbonyl (C=O) groups excluding carboxylic acids is 1. The number of aryl methyl sites for hydroxylation is 1. The third-order valence-corrected chi connectivity index (χ3v) is 5.75. The second-order valence-corrected chi connectivity index (χ2v) is 8.19. The maximum Gasteiger partial charge on any atom is 0.293 e. The van der Waals surface area contributed by atoms with E-state index in [0.29, 0.717) is 25.4 Å². The van der Waals surface area contributed by atoms with Gasteiger partial charge >= 0.3 is 0 Å². The number of nitro groups is 1.